The maximum Gasteiger partial charge on any atom is 0.327 e. The summed E-state index contributed by atoms with van der Waals surface area (Å²) in [6, 6.07) is 1.43. The number of aromatic amines is 2. The molecule has 0 aromatic carbocycles. The van der Waals surface area contributed by atoms with E-state index in [1.165, 1.54) is 12.3 Å². The van der Waals surface area contributed by atoms with E-state index in [-0.39, 0.29) is 27.9 Å². The van der Waals surface area contributed by atoms with Gasteiger partial charge in [0.05, 0.1) is 17.6 Å². The van der Waals surface area contributed by atoms with Gasteiger partial charge in [0, 0.05) is 25.3 Å². The number of nitrogens with one attached hydrogen (secondary N) is 4. The lowest BCUT2D eigenvalue weighted by Gasteiger charge is -2.37. The first kappa shape index (κ1) is 17.3. The van der Waals surface area contributed by atoms with Gasteiger partial charge in [-0.1, -0.05) is 0 Å². The van der Waals surface area contributed by atoms with Gasteiger partial charge in [0.2, 0.25) is 0 Å². The van der Waals surface area contributed by atoms with Gasteiger partial charge in [0.25, 0.3) is 11.5 Å². The molecule has 0 aliphatic carbocycles. The van der Waals surface area contributed by atoms with E-state index >= 15 is 0 Å². The molecule has 1 amide bonds. The first-order valence-electron chi connectivity index (χ1n) is 8.13. The molecule has 1 aliphatic heterocycles. The zero-order valence-electron chi connectivity index (χ0n) is 14.0. The van der Waals surface area contributed by atoms with Crippen molar-refractivity contribution >= 4 is 16.9 Å². The molecule has 0 unspecified atom stereocenters. The minimum atomic E-state index is -0.630. The zero-order chi connectivity index (χ0) is 17.9. The molecule has 2 aromatic heterocycles. The van der Waals surface area contributed by atoms with Crippen molar-refractivity contribution in [3.05, 3.63) is 38.7 Å². The van der Waals surface area contributed by atoms with E-state index in [1.807, 2.05) is 0 Å². The number of carbonyl (C=O) groups is 1. The summed E-state index contributed by atoms with van der Waals surface area (Å²) >= 11 is 0. The quantitative estimate of drug-likeness (QED) is 0.569. The number of rotatable bonds is 5. The molecule has 25 heavy (non-hydrogen) atoms. The van der Waals surface area contributed by atoms with Gasteiger partial charge < -0.3 is 15.4 Å². The predicted molar refractivity (Wildman–Crippen MR) is 91.7 cm³/mol. The summed E-state index contributed by atoms with van der Waals surface area (Å²) in [6.45, 7) is 2.84. The van der Waals surface area contributed by atoms with Crippen LogP contribution in [0.15, 0.2) is 21.9 Å². The fraction of sp³-hybridized carbons (Fsp3) is 0.500. The number of carbonyl (C=O) groups excluding carboxylic acids is 1. The van der Waals surface area contributed by atoms with Crippen LogP contribution >= 0.6 is 0 Å². The van der Waals surface area contributed by atoms with Crippen molar-refractivity contribution < 1.29 is 9.53 Å². The van der Waals surface area contributed by atoms with Crippen LogP contribution in [0.4, 0.5) is 0 Å². The Labute approximate surface area is 143 Å². The smallest absolute Gasteiger partial charge is 0.327 e. The highest BCUT2D eigenvalue weighted by molar-refractivity contribution is 5.96. The van der Waals surface area contributed by atoms with Gasteiger partial charge in [0.15, 0.2) is 0 Å². The Morgan fingerprint density at radius 1 is 1.32 bits per heavy atom. The molecule has 1 saturated heterocycles. The minimum absolute atomic E-state index is 0.0946. The summed E-state index contributed by atoms with van der Waals surface area (Å²) in [4.78, 5) is 44.1. The first-order valence-corrected chi connectivity index (χ1v) is 8.13. The standard InChI is InChI=1S/C16H21N5O4/c1-25-9-16(2-4-17-5-3-16)8-19-13(22)10-6-11-12(18-7-10)20-15(24)21-14(11)23/h6-7,17H,2-5,8-9H2,1H3,(H,19,22)(H2,18,20,21,23,24). The van der Waals surface area contributed by atoms with Gasteiger partial charge in [0.1, 0.15) is 5.65 Å². The molecule has 9 nitrogen and oxygen atoms in total. The van der Waals surface area contributed by atoms with Crippen molar-refractivity contribution in [2.24, 2.45) is 5.41 Å². The Balaban J connectivity index is 1.77. The van der Waals surface area contributed by atoms with Crippen molar-refractivity contribution in [1.82, 2.24) is 25.6 Å². The third kappa shape index (κ3) is 3.77. The summed E-state index contributed by atoms with van der Waals surface area (Å²) in [5.74, 6) is -0.311. The van der Waals surface area contributed by atoms with E-state index in [4.69, 9.17) is 4.74 Å². The number of pyridine rings is 1. The van der Waals surface area contributed by atoms with Crippen LogP contribution in [0.1, 0.15) is 23.2 Å². The molecule has 0 radical (unpaired) electrons. The van der Waals surface area contributed by atoms with Crippen LogP contribution in [0.25, 0.3) is 11.0 Å². The fourth-order valence-corrected chi connectivity index (χ4v) is 3.18. The van der Waals surface area contributed by atoms with Crippen LogP contribution in [-0.4, -0.2) is 54.2 Å². The summed E-state index contributed by atoms with van der Waals surface area (Å²) in [6.07, 6.45) is 3.18. The molecule has 1 fully saturated rings. The van der Waals surface area contributed by atoms with E-state index in [2.05, 4.69) is 25.6 Å². The topological polar surface area (TPSA) is 129 Å². The number of H-pyrrole nitrogens is 2. The Morgan fingerprint density at radius 3 is 2.80 bits per heavy atom. The Hall–Kier alpha value is -2.52. The number of aromatic nitrogens is 3. The van der Waals surface area contributed by atoms with E-state index < -0.39 is 11.2 Å². The average molecular weight is 347 g/mol. The van der Waals surface area contributed by atoms with Crippen LogP contribution in [-0.2, 0) is 4.74 Å². The van der Waals surface area contributed by atoms with Crippen LogP contribution in [0.5, 0.6) is 0 Å². The molecule has 3 rings (SSSR count). The lowest BCUT2D eigenvalue weighted by Crippen LogP contribution is -2.47. The van der Waals surface area contributed by atoms with Crippen molar-refractivity contribution in [2.45, 2.75) is 12.8 Å². The maximum absolute atomic E-state index is 12.5. The van der Waals surface area contributed by atoms with Crippen LogP contribution in [0.3, 0.4) is 0 Å². The molecular formula is C16H21N5O4. The average Bonchev–Trinajstić information content (AvgIpc) is 2.60. The second kappa shape index (κ2) is 7.16. The highest BCUT2D eigenvalue weighted by Crippen LogP contribution is 2.28. The number of fused-ring (bicyclic) bond motifs is 1. The predicted octanol–water partition coefficient (Wildman–Crippen LogP) is -0.643. The number of piperidine rings is 1. The number of ether oxygens (including phenoxy) is 1. The van der Waals surface area contributed by atoms with Crippen molar-refractivity contribution in [2.75, 3.05) is 33.4 Å². The molecule has 134 valence electrons. The second-order valence-corrected chi connectivity index (χ2v) is 6.39. The highest BCUT2D eigenvalue weighted by Gasteiger charge is 2.32. The van der Waals surface area contributed by atoms with Crippen LogP contribution in [0, 0.1) is 5.41 Å². The van der Waals surface area contributed by atoms with E-state index in [0.29, 0.717) is 13.2 Å². The fourth-order valence-electron chi connectivity index (χ4n) is 3.18. The van der Waals surface area contributed by atoms with Crippen LogP contribution in [0.2, 0.25) is 0 Å². The van der Waals surface area contributed by atoms with Gasteiger partial charge in [-0.2, -0.15) is 0 Å². The maximum atomic E-state index is 12.5. The third-order valence-electron chi connectivity index (χ3n) is 4.59. The normalized spacial score (nSPS) is 16.7. The van der Waals surface area contributed by atoms with Crippen molar-refractivity contribution in [3.8, 4) is 0 Å². The SMILES string of the molecule is COCC1(CNC(=O)c2cnc3[nH]c(=O)[nH]c(=O)c3c2)CCNCC1. The van der Waals surface area contributed by atoms with Crippen molar-refractivity contribution in [1.29, 1.82) is 0 Å². The Morgan fingerprint density at radius 2 is 2.08 bits per heavy atom. The summed E-state index contributed by atoms with van der Waals surface area (Å²) in [7, 11) is 1.66. The van der Waals surface area contributed by atoms with E-state index in [1.54, 1.807) is 7.11 Å². The van der Waals surface area contributed by atoms with Crippen molar-refractivity contribution in [3.63, 3.8) is 0 Å². The van der Waals surface area contributed by atoms with Crippen LogP contribution < -0.4 is 21.9 Å². The molecule has 1 aliphatic rings. The molecule has 0 saturated carbocycles. The zero-order valence-corrected chi connectivity index (χ0v) is 14.0. The number of hydrogen-bond acceptors (Lipinski definition) is 6. The summed E-state index contributed by atoms with van der Waals surface area (Å²) < 4.78 is 5.34. The second-order valence-electron chi connectivity index (χ2n) is 6.39. The van der Waals surface area contributed by atoms with Gasteiger partial charge in [-0.25, -0.2) is 9.78 Å². The third-order valence-corrected chi connectivity index (χ3v) is 4.59. The van der Waals surface area contributed by atoms with Gasteiger partial charge >= 0.3 is 5.69 Å². The number of hydrogen-bond donors (Lipinski definition) is 4. The summed E-state index contributed by atoms with van der Waals surface area (Å²) in [5.41, 5.74) is -0.876. The minimum Gasteiger partial charge on any atom is -0.384 e. The van der Waals surface area contributed by atoms with Gasteiger partial charge in [-0.05, 0) is 32.0 Å². The first-order chi connectivity index (χ1) is 12.0. The lowest BCUT2D eigenvalue weighted by molar-refractivity contribution is 0.0511. The largest absolute Gasteiger partial charge is 0.384 e. The lowest BCUT2D eigenvalue weighted by atomic mass is 9.79. The number of nitrogens with zero attached hydrogens (tertiary/aromatic N) is 1. The molecule has 4 N–H and O–H groups in total. The molecular weight excluding hydrogens is 326 g/mol. The molecule has 0 spiro atoms. The van der Waals surface area contributed by atoms with E-state index in [0.717, 1.165) is 25.9 Å². The highest BCUT2D eigenvalue weighted by atomic mass is 16.5. The number of methoxy groups -OCH3 is 1. The molecule has 3 heterocycles. The van der Waals surface area contributed by atoms with Gasteiger partial charge in [-0.15, -0.1) is 0 Å². The van der Waals surface area contributed by atoms with E-state index in [9.17, 15) is 14.4 Å². The molecule has 2 aromatic rings. The monoisotopic (exact) mass is 347 g/mol. The summed E-state index contributed by atoms with van der Waals surface area (Å²) in [5, 5.41) is 6.39. The Kier molecular flexibility index (Phi) is 4.95. The Bertz CT molecular complexity index is 876. The molecule has 9 heteroatoms. The van der Waals surface area contributed by atoms with Gasteiger partial charge in [-0.3, -0.25) is 19.6 Å². The molecule has 0 atom stereocenters. The number of amides is 1. The molecule has 0 bridgehead atoms.